The van der Waals surface area contributed by atoms with E-state index in [1.54, 1.807) is 18.2 Å². The van der Waals surface area contributed by atoms with Crippen LogP contribution in [0.25, 0.3) is 5.82 Å². The van der Waals surface area contributed by atoms with Crippen LogP contribution < -0.4 is 15.8 Å². The molecule has 2 heterocycles. The third-order valence-electron chi connectivity index (χ3n) is 3.76. The topological polar surface area (TPSA) is 97.9 Å². The molecule has 0 aliphatic rings. The highest BCUT2D eigenvalue weighted by Crippen LogP contribution is 2.11. The summed E-state index contributed by atoms with van der Waals surface area (Å²) in [5, 5.41) is 11.0. The Morgan fingerprint density at radius 3 is 2.58 bits per heavy atom. The van der Waals surface area contributed by atoms with Crippen molar-refractivity contribution in [2.24, 2.45) is 0 Å². The van der Waals surface area contributed by atoms with Crippen molar-refractivity contribution in [3.8, 4) is 5.82 Å². The van der Waals surface area contributed by atoms with E-state index in [1.165, 1.54) is 28.1 Å². The zero-order valence-electron chi connectivity index (χ0n) is 14.5. The summed E-state index contributed by atoms with van der Waals surface area (Å²) in [4.78, 5) is 29.9. The number of carbonyl (C=O) groups is 1. The van der Waals surface area contributed by atoms with Gasteiger partial charge < -0.3 is 10.2 Å². The normalized spacial score (nSPS) is 10.5. The Kier molecular flexibility index (Phi) is 5.07. The van der Waals surface area contributed by atoms with Gasteiger partial charge in [-0.2, -0.15) is 5.10 Å². The van der Waals surface area contributed by atoms with Gasteiger partial charge in [0.2, 0.25) is 0 Å². The summed E-state index contributed by atoms with van der Waals surface area (Å²) in [6.45, 7) is 0.533. The van der Waals surface area contributed by atoms with E-state index in [0.717, 1.165) is 5.69 Å². The van der Waals surface area contributed by atoms with Gasteiger partial charge in [-0.05, 0) is 30.3 Å². The van der Waals surface area contributed by atoms with E-state index < -0.39 is 0 Å². The summed E-state index contributed by atoms with van der Waals surface area (Å²) in [6, 6.07) is 10.3. The molecule has 0 saturated carbocycles. The second kappa shape index (κ2) is 7.60. The second-order valence-electron chi connectivity index (χ2n) is 5.79. The molecule has 1 amide bonds. The first-order chi connectivity index (χ1) is 12.5. The Balaban J connectivity index is 1.61. The fraction of sp³-hybridized carbons (Fsp3) is 0.235. The smallest absolute Gasteiger partial charge is 0.266 e. The van der Waals surface area contributed by atoms with Gasteiger partial charge in [-0.15, -0.1) is 5.10 Å². The standard InChI is InChI=1S/C17H19N7O2/c1-22(2)14-5-3-13(4-6-14)17(26)19-9-10-23-16(25)8-7-15(21-23)24-12-18-11-20-24/h3-8,11-12H,9-10H2,1-2H3,(H,19,26). The van der Waals surface area contributed by atoms with E-state index >= 15 is 0 Å². The van der Waals surface area contributed by atoms with Crippen molar-refractivity contribution in [2.45, 2.75) is 6.54 Å². The molecule has 2 aromatic heterocycles. The molecule has 3 rings (SSSR count). The van der Waals surface area contributed by atoms with Gasteiger partial charge in [0.15, 0.2) is 5.82 Å². The van der Waals surface area contributed by atoms with Crippen LogP contribution in [0, 0.1) is 0 Å². The van der Waals surface area contributed by atoms with Gasteiger partial charge in [0, 0.05) is 38.0 Å². The Labute approximate surface area is 149 Å². The van der Waals surface area contributed by atoms with E-state index in [9.17, 15) is 9.59 Å². The SMILES string of the molecule is CN(C)c1ccc(C(=O)NCCn2nc(-n3cncn3)ccc2=O)cc1. The minimum Gasteiger partial charge on any atom is -0.378 e. The number of carbonyl (C=O) groups excluding carboxylic acids is 1. The third kappa shape index (κ3) is 3.94. The van der Waals surface area contributed by atoms with Crippen LogP contribution in [0.15, 0.2) is 53.8 Å². The molecule has 3 aromatic rings. The fourth-order valence-corrected chi connectivity index (χ4v) is 2.34. The largest absolute Gasteiger partial charge is 0.378 e. The van der Waals surface area contributed by atoms with Crippen molar-refractivity contribution in [3.63, 3.8) is 0 Å². The Morgan fingerprint density at radius 2 is 1.92 bits per heavy atom. The minimum atomic E-state index is -0.251. The van der Waals surface area contributed by atoms with E-state index in [2.05, 4.69) is 20.5 Å². The molecule has 0 unspecified atom stereocenters. The molecule has 1 N–H and O–H groups in total. The lowest BCUT2D eigenvalue weighted by Crippen LogP contribution is -2.32. The molecule has 0 bridgehead atoms. The number of amides is 1. The molecule has 26 heavy (non-hydrogen) atoms. The van der Waals surface area contributed by atoms with Crippen LogP contribution in [0.4, 0.5) is 5.69 Å². The molecular formula is C17H19N7O2. The Morgan fingerprint density at radius 1 is 1.15 bits per heavy atom. The van der Waals surface area contributed by atoms with Crippen LogP contribution >= 0.6 is 0 Å². The molecule has 0 atom stereocenters. The van der Waals surface area contributed by atoms with Gasteiger partial charge in [-0.3, -0.25) is 9.59 Å². The maximum absolute atomic E-state index is 12.2. The summed E-state index contributed by atoms with van der Waals surface area (Å²) in [7, 11) is 3.88. The molecule has 9 heteroatoms. The van der Waals surface area contributed by atoms with Crippen molar-refractivity contribution >= 4 is 11.6 Å². The van der Waals surface area contributed by atoms with E-state index in [1.807, 2.05) is 31.1 Å². The highest BCUT2D eigenvalue weighted by atomic mass is 16.2. The quantitative estimate of drug-likeness (QED) is 0.685. The summed E-state index contributed by atoms with van der Waals surface area (Å²) in [5.74, 6) is 0.281. The van der Waals surface area contributed by atoms with Crippen LogP contribution in [-0.4, -0.2) is 51.1 Å². The van der Waals surface area contributed by atoms with Crippen molar-refractivity contribution in [3.05, 3.63) is 65.0 Å². The van der Waals surface area contributed by atoms with Gasteiger partial charge in [0.05, 0.1) is 6.54 Å². The van der Waals surface area contributed by atoms with Crippen molar-refractivity contribution < 1.29 is 4.79 Å². The number of aromatic nitrogens is 5. The fourth-order valence-electron chi connectivity index (χ4n) is 2.34. The monoisotopic (exact) mass is 353 g/mol. The second-order valence-corrected chi connectivity index (χ2v) is 5.79. The van der Waals surface area contributed by atoms with E-state index in [-0.39, 0.29) is 24.6 Å². The predicted molar refractivity (Wildman–Crippen MR) is 96.5 cm³/mol. The van der Waals surface area contributed by atoms with Crippen molar-refractivity contribution in [1.82, 2.24) is 29.9 Å². The molecule has 134 valence electrons. The maximum atomic E-state index is 12.2. The number of benzene rings is 1. The van der Waals surface area contributed by atoms with Gasteiger partial charge in [-0.25, -0.2) is 14.3 Å². The van der Waals surface area contributed by atoms with Crippen LogP contribution in [0.2, 0.25) is 0 Å². The average Bonchev–Trinajstić information content (AvgIpc) is 3.18. The van der Waals surface area contributed by atoms with Crippen LogP contribution in [0.1, 0.15) is 10.4 Å². The Hall–Kier alpha value is -3.49. The lowest BCUT2D eigenvalue weighted by molar-refractivity contribution is 0.0951. The average molecular weight is 353 g/mol. The third-order valence-corrected chi connectivity index (χ3v) is 3.76. The highest BCUT2D eigenvalue weighted by molar-refractivity contribution is 5.94. The molecule has 0 fully saturated rings. The number of anilines is 1. The predicted octanol–water partition coefficient (Wildman–Crippen LogP) is 0.320. The van der Waals surface area contributed by atoms with Crippen LogP contribution in [0.3, 0.4) is 0 Å². The summed E-state index contributed by atoms with van der Waals surface area (Å²) in [5.41, 5.74) is 1.33. The first-order valence-corrected chi connectivity index (χ1v) is 8.03. The first kappa shape index (κ1) is 17.3. The van der Waals surface area contributed by atoms with Crippen molar-refractivity contribution in [2.75, 3.05) is 25.5 Å². The lowest BCUT2D eigenvalue weighted by Gasteiger charge is -2.12. The molecule has 0 radical (unpaired) electrons. The number of hydrogen-bond acceptors (Lipinski definition) is 6. The first-order valence-electron chi connectivity index (χ1n) is 8.03. The van der Waals surface area contributed by atoms with Gasteiger partial charge in [0.25, 0.3) is 11.5 Å². The molecular weight excluding hydrogens is 334 g/mol. The van der Waals surface area contributed by atoms with Crippen LogP contribution in [-0.2, 0) is 6.54 Å². The van der Waals surface area contributed by atoms with Gasteiger partial charge in [0.1, 0.15) is 12.7 Å². The number of nitrogens with zero attached hydrogens (tertiary/aromatic N) is 6. The molecule has 9 nitrogen and oxygen atoms in total. The molecule has 0 aliphatic carbocycles. The molecule has 0 spiro atoms. The Bertz CT molecular complexity index is 931. The molecule has 0 saturated heterocycles. The van der Waals surface area contributed by atoms with Crippen molar-refractivity contribution in [1.29, 1.82) is 0 Å². The number of nitrogens with one attached hydrogen (secondary N) is 1. The maximum Gasteiger partial charge on any atom is 0.266 e. The van der Waals surface area contributed by atoms with Gasteiger partial charge >= 0.3 is 0 Å². The molecule has 1 aromatic carbocycles. The number of hydrogen-bond donors (Lipinski definition) is 1. The zero-order chi connectivity index (χ0) is 18.5. The lowest BCUT2D eigenvalue weighted by atomic mass is 10.2. The summed E-state index contributed by atoms with van der Waals surface area (Å²) >= 11 is 0. The summed E-state index contributed by atoms with van der Waals surface area (Å²) in [6.07, 6.45) is 2.88. The minimum absolute atomic E-state index is 0.198. The van der Waals surface area contributed by atoms with E-state index in [4.69, 9.17) is 0 Å². The van der Waals surface area contributed by atoms with Crippen LogP contribution in [0.5, 0.6) is 0 Å². The highest BCUT2D eigenvalue weighted by Gasteiger charge is 2.07. The summed E-state index contributed by atoms with van der Waals surface area (Å²) < 4.78 is 2.74. The number of rotatable bonds is 6. The van der Waals surface area contributed by atoms with Gasteiger partial charge in [-0.1, -0.05) is 0 Å². The van der Waals surface area contributed by atoms with E-state index in [0.29, 0.717) is 11.4 Å². The molecule has 0 aliphatic heterocycles. The zero-order valence-corrected chi connectivity index (χ0v) is 14.5.